The molecular formula is C22H25N3O2. The van der Waals surface area contributed by atoms with Crippen molar-refractivity contribution in [3.63, 3.8) is 0 Å². The van der Waals surface area contributed by atoms with Gasteiger partial charge in [0.05, 0.1) is 26.0 Å². The van der Waals surface area contributed by atoms with Crippen molar-refractivity contribution in [2.24, 2.45) is 5.92 Å². The summed E-state index contributed by atoms with van der Waals surface area (Å²) in [4.78, 5) is 4.67. The Morgan fingerprint density at radius 2 is 2.07 bits per heavy atom. The topological polar surface area (TPSA) is 49.2 Å². The average Bonchev–Trinajstić information content (AvgIpc) is 2.99. The van der Waals surface area contributed by atoms with Crippen molar-refractivity contribution in [1.29, 1.82) is 0 Å². The van der Waals surface area contributed by atoms with Gasteiger partial charge in [0, 0.05) is 29.6 Å². The van der Waals surface area contributed by atoms with E-state index in [1.807, 2.05) is 29.9 Å². The van der Waals surface area contributed by atoms with E-state index < -0.39 is 0 Å². The molecule has 4 rings (SSSR count). The van der Waals surface area contributed by atoms with Gasteiger partial charge < -0.3 is 9.47 Å². The van der Waals surface area contributed by atoms with Crippen molar-refractivity contribution >= 4 is 0 Å². The van der Waals surface area contributed by atoms with E-state index in [1.54, 1.807) is 7.11 Å². The van der Waals surface area contributed by atoms with Crippen LogP contribution in [0.4, 0.5) is 0 Å². The lowest BCUT2D eigenvalue weighted by Gasteiger charge is -2.25. The van der Waals surface area contributed by atoms with Gasteiger partial charge in [0.25, 0.3) is 0 Å². The van der Waals surface area contributed by atoms with Gasteiger partial charge in [0.15, 0.2) is 0 Å². The highest BCUT2D eigenvalue weighted by Gasteiger charge is 2.21. The van der Waals surface area contributed by atoms with Crippen molar-refractivity contribution in [2.45, 2.75) is 33.2 Å². The number of pyridine rings is 1. The van der Waals surface area contributed by atoms with E-state index in [0.29, 0.717) is 5.92 Å². The number of hydrogen-bond donors (Lipinski definition) is 0. The second-order valence-corrected chi connectivity index (χ2v) is 7.30. The van der Waals surface area contributed by atoms with Crippen LogP contribution in [-0.4, -0.2) is 28.5 Å². The number of aryl methyl sites for hydroxylation is 2. The molecule has 0 radical (unpaired) electrons. The molecule has 5 nitrogen and oxygen atoms in total. The molecular weight excluding hydrogens is 338 g/mol. The second-order valence-electron chi connectivity index (χ2n) is 7.30. The van der Waals surface area contributed by atoms with Crippen LogP contribution in [0.1, 0.15) is 28.2 Å². The monoisotopic (exact) mass is 363 g/mol. The Morgan fingerprint density at radius 3 is 2.78 bits per heavy atom. The van der Waals surface area contributed by atoms with E-state index in [9.17, 15) is 0 Å². The largest absolute Gasteiger partial charge is 0.497 e. The molecule has 1 aliphatic heterocycles. The van der Waals surface area contributed by atoms with E-state index in [-0.39, 0.29) is 0 Å². The van der Waals surface area contributed by atoms with Gasteiger partial charge in [-0.3, -0.25) is 9.67 Å². The second kappa shape index (κ2) is 7.43. The fraction of sp³-hybridized carbons (Fsp3) is 0.364. The highest BCUT2D eigenvalue weighted by molar-refractivity contribution is 5.42. The zero-order valence-corrected chi connectivity index (χ0v) is 16.1. The third-order valence-corrected chi connectivity index (χ3v) is 5.08. The summed E-state index contributed by atoms with van der Waals surface area (Å²) in [7, 11) is 1.68. The molecule has 3 aromatic rings. The smallest absolute Gasteiger partial charge is 0.126 e. The van der Waals surface area contributed by atoms with Crippen molar-refractivity contribution in [1.82, 2.24) is 14.8 Å². The lowest BCUT2D eigenvalue weighted by molar-refractivity contribution is 0.219. The lowest BCUT2D eigenvalue weighted by Crippen LogP contribution is -2.23. The van der Waals surface area contributed by atoms with Crippen LogP contribution in [0.3, 0.4) is 0 Å². The molecule has 1 aliphatic rings. The highest BCUT2D eigenvalue weighted by atomic mass is 16.5. The van der Waals surface area contributed by atoms with Gasteiger partial charge in [0.2, 0.25) is 0 Å². The van der Waals surface area contributed by atoms with E-state index in [1.165, 1.54) is 16.8 Å². The van der Waals surface area contributed by atoms with Gasteiger partial charge in [-0.1, -0.05) is 12.1 Å². The molecule has 140 valence electrons. The summed E-state index contributed by atoms with van der Waals surface area (Å²) in [5, 5.41) is 4.52. The standard InChI is InChI=1S/C22H25N3O2/c1-15-8-16(2)25(24-15)13-17-4-6-20(23-12-17)10-18-9-19-5-7-21(26-3)11-22(19)27-14-18/h4-8,11-12,18H,9-10,13-14H2,1-3H3. The van der Waals surface area contributed by atoms with Crippen molar-refractivity contribution in [3.8, 4) is 11.5 Å². The molecule has 0 saturated carbocycles. The Morgan fingerprint density at radius 1 is 1.19 bits per heavy atom. The average molecular weight is 363 g/mol. The van der Waals surface area contributed by atoms with Gasteiger partial charge in [-0.05, 0) is 56.0 Å². The van der Waals surface area contributed by atoms with E-state index in [2.05, 4.69) is 41.3 Å². The Balaban J connectivity index is 1.39. The van der Waals surface area contributed by atoms with Crippen LogP contribution in [0.5, 0.6) is 11.5 Å². The molecule has 27 heavy (non-hydrogen) atoms. The molecule has 1 atom stereocenters. The summed E-state index contributed by atoms with van der Waals surface area (Å²) in [6.07, 6.45) is 3.90. The molecule has 0 bridgehead atoms. The lowest BCUT2D eigenvalue weighted by atomic mass is 9.92. The number of nitrogens with zero attached hydrogens (tertiary/aromatic N) is 3. The maximum Gasteiger partial charge on any atom is 0.126 e. The first-order valence-electron chi connectivity index (χ1n) is 9.35. The highest BCUT2D eigenvalue weighted by Crippen LogP contribution is 2.31. The first-order chi connectivity index (χ1) is 13.1. The Kier molecular flexibility index (Phi) is 4.84. The van der Waals surface area contributed by atoms with Crippen LogP contribution in [0.25, 0.3) is 0 Å². The minimum absolute atomic E-state index is 0.445. The quantitative estimate of drug-likeness (QED) is 0.693. The van der Waals surface area contributed by atoms with Gasteiger partial charge in [-0.15, -0.1) is 0 Å². The zero-order valence-electron chi connectivity index (χ0n) is 16.1. The molecule has 0 aliphatic carbocycles. The molecule has 3 heterocycles. The molecule has 0 N–H and O–H groups in total. The first-order valence-corrected chi connectivity index (χ1v) is 9.35. The number of methoxy groups -OCH3 is 1. The van der Waals surface area contributed by atoms with Crippen molar-refractivity contribution in [2.75, 3.05) is 13.7 Å². The number of aromatic nitrogens is 3. The molecule has 5 heteroatoms. The summed E-state index contributed by atoms with van der Waals surface area (Å²) < 4.78 is 13.2. The molecule has 0 amide bonds. The summed E-state index contributed by atoms with van der Waals surface area (Å²) in [5.74, 6) is 2.23. The first kappa shape index (κ1) is 17.6. The van der Waals surface area contributed by atoms with E-state index >= 15 is 0 Å². The number of rotatable bonds is 5. The Hall–Kier alpha value is -2.82. The Bertz CT molecular complexity index is 931. The summed E-state index contributed by atoms with van der Waals surface area (Å²) in [6, 6.07) is 12.4. The SMILES string of the molecule is COc1ccc2c(c1)OCC(Cc1ccc(Cn3nc(C)cc3C)cn1)C2. The fourth-order valence-corrected chi connectivity index (χ4v) is 3.65. The van der Waals surface area contributed by atoms with Crippen LogP contribution >= 0.6 is 0 Å². The third-order valence-electron chi connectivity index (χ3n) is 5.08. The van der Waals surface area contributed by atoms with Crippen LogP contribution in [0, 0.1) is 19.8 Å². The summed E-state index contributed by atoms with van der Waals surface area (Å²) in [5.41, 5.74) is 5.74. The van der Waals surface area contributed by atoms with Gasteiger partial charge in [0.1, 0.15) is 11.5 Å². The predicted octanol–water partition coefficient (Wildman–Crippen LogP) is 3.75. The number of hydrogen-bond acceptors (Lipinski definition) is 4. The van der Waals surface area contributed by atoms with E-state index in [0.717, 1.165) is 48.9 Å². The molecule has 2 aromatic heterocycles. The molecule has 1 aromatic carbocycles. The summed E-state index contributed by atoms with van der Waals surface area (Å²) in [6.45, 7) is 5.58. The van der Waals surface area contributed by atoms with Crippen molar-refractivity contribution < 1.29 is 9.47 Å². The normalized spacial score (nSPS) is 15.9. The summed E-state index contributed by atoms with van der Waals surface area (Å²) >= 11 is 0. The molecule has 1 unspecified atom stereocenters. The van der Waals surface area contributed by atoms with Crippen molar-refractivity contribution in [3.05, 3.63) is 70.8 Å². The van der Waals surface area contributed by atoms with Gasteiger partial charge in [-0.25, -0.2) is 0 Å². The molecule has 0 saturated heterocycles. The fourth-order valence-electron chi connectivity index (χ4n) is 3.65. The van der Waals surface area contributed by atoms with Crippen LogP contribution in [0.2, 0.25) is 0 Å². The van der Waals surface area contributed by atoms with Crippen LogP contribution in [-0.2, 0) is 19.4 Å². The number of ether oxygens (including phenoxy) is 2. The van der Waals surface area contributed by atoms with Crippen LogP contribution in [0.15, 0.2) is 42.6 Å². The maximum atomic E-state index is 5.95. The minimum atomic E-state index is 0.445. The van der Waals surface area contributed by atoms with E-state index in [4.69, 9.17) is 9.47 Å². The van der Waals surface area contributed by atoms with Gasteiger partial charge in [-0.2, -0.15) is 5.10 Å². The molecule has 0 fully saturated rings. The predicted molar refractivity (Wildman–Crippen MR) is 104 cm³/mol. The van der Waals surface area contributed by atoms with Gasteiger partial charge >= 0.3 is 0 Å². The number of benzene rings is 1. The molecule has 0 spiro atoms. The Labute approximate surface area is 160 Å². The number of fused-ring (bicyclic) bond motifs is 1. The maximum absolute atomic E-state index is 5.95. The third kappa shape index (κ3) is 3.97. The van der Waals surface area contributed by atoms with Crippen LogP contribution < -0.4 is 9.47 Å². The minimum Gasteiger partial charge on any atom is -0.497 e. The zero-order chi connectivity index (χ0) is 18.8.